The first-order valence-electron chi connectivity index (χ1n) is 6.36. The van der Waals surface area contributed by atoms with Crippen molar-refractivity contribution in [3.63, 3.8) is 0 Å². The van der Waals surface area contributed by atoms with Crippen molar-refractivity contribution in [3.8, 4) is 11.6 Å². The molecule has 5 heteroatoms. The van der Waals surface area contributed by atoms with Gasteiger partial charge in [-0.05, 0) is 38.5 Å². The molecule has 0 aliphatic heterocycles. The third-order valence-corrected chi connectivity index (χ3v) is 2.91. The standard InChI is InChI=1S/C15H16N2O3/c1-4-12-13(7-5-9(2)16-12)20-14-8-6-11(15(18)19)10(3)17-14/h5-8H,4H2,1-3H3,(H,18,19). The summed E-state index contributed by atoms with van der Waals surface area (Å²) in [6.45, 7) is 5.57. The zero-order valence-electron chi connectivity index (χ0n) is 11.7. The molecule has 2 rings (SSSR count). The molecule has 0 unspecified atom stereocenters. The molecule has 2 heterocycles. The first kappa shape index (κ1) is 14.0. The van der Waals surface area contributed by atoms with E-state index in [1.165, 1.54) is 6.07 Å². The Kier molecular flexibility index (Phi) is 3.98. The molecule has 0 saturated carbocycles. The average Bonchev–Trinajstić information content (AvgIpc) is 2.40. The second-order valence-electron chi connectivity index (χ2n) is 4.44. The van der Waals surface area contributed by atoms with E-state index >= 15 is 0 Å². The molecule has 2 aromatic rings. The molecule has 1 N–H and O–H groups in total. The van der Waals surface area contributed by atoms with Gasteiger partial charge in [0, 0.05) is 11.8 Å². The summed E-state index contributed by atoms with van der Waals surface area (Å²) in [5, 5.41) is 8.97. The maximum Gasteiger partial charge on any atom is 0.337 e. The van der Waals surface area contributed by atoms with Crippen LogP contribution in [-0.4, -0.2) is 21.0 Å². The summed E-state index contributed by atoms with van der Waals surface area (Å²) in [5.41, 5.74) is 2.38. The quantitative estimate of drug-likeness (QED) is 0.925. The summed E-state index contributed by atoms with van der Waals surface area (Å²) >= 11 is 0. The Hall–Kier alpha value is -2.43. The number of rotatable bonds is 4. The van der Waals surface area contributed by atoms with E-state index in [-0.39, 0.29) is 5.56 Å². The summed E-state index contributed by atoms with van der Waals surface area (Å²) in [7, 11) is 0. The smallest absolute Gasteiger partial charge is 0.337 e. The Balaban J connectivity index is 2.31. The lowest BCUT2D eigenvalue weighted by Crippen LogP contribution is -2.03. The summed E-state index contributed by atoms with van der Waals surface area (Å²) in [5.74, 6) is 0.0220. The fraction of sp³-hybridized carbons (Fsp3) is 0.267. The molecule has 0 radical (unpaired) electrons. The highest BCUT2D eigenvalue weighted by Gasteiger charge is 2.11. The summed E-state index contributed by atoms with van der Waals surface area (Å²) in [4.78, 5) is 19.5. The van der Waals surface area contributed by atoms with Crippen molar-refractivity contribution in [3.05, 3.63) is 46.9 Å². The fourth-order valence-corrected chi connectivity index (χ4v) is 1.88. The zero-order chi connectivity index (χ0) is 14.7. The Morgan fingerprint density at radius 2 is 1.95 bits per heavy atom. The minimum Gasteiger partial charge on any atom is -0.478 e. The lowest BCUT2D eigenvalue weighted by atomic mass is 10.2. The van der Waals surface area contributed by atoms with Crippen LogP contribution in [0.1, 0.15) is 34.4 Å². The number of pyridine rings is 2. The predicted molar refractivity (Wildman–Crippen MR) is 74.4 cm³/mol. The zero-order valence-corrected chi connectivity index (χ0v) is 11.7. The van der Waals surface area contributed by atoms with Crippen LogP contribution >= 0.6 is 0 Å². The molecule has 104 valence electrons. The van der Waals surface area contributed by atoms with E-state index in [1.54, 1.807) is 13.0 Å². The van der Waals surface area contributed by atoms with Gasteiger partial charge in [-0.2, -0.15) is 0 Å². The van der Waals surface area contributed by atoms with Crippen LogP contribution in [0, 0.1) is 13.8 Å². The van der Waals surface area contributed by atoms with Crippen molar-refractivity contribution in [1.82, 2.24) is 9.97 Å². The number of aryl methyl sites for hydroxylation is 3. The summed E-state index contributed by atoms with van der Waals surface area (Å²) in [6, 6.07) is 6.76. The molecule has 2 aromatic heterocycles. The Bertz CT molecular complexity index is 654. The number of nitrogens with zero attached hydrogens (tertiary/aromatic N) is 2. The maximum absolute atomic E-state index is 10.9. The molecular weight excluding hydrogens is 256 g/mol. The predicted octanol–water partition coefficient (Wildman–Crippen LogP) is 3.15. The first-order valence-corrected chi connectivity index (χ1v) is 6.36. The van der Waals surface area contributed by atoms with Crippen molar-refractivity contribution in [2.75, 3.05) is 0 Å². The highest BCUT2D eigenvalue weighted by atomic mass is 16.5. The van der Waals surface area contributed by atoms with E-state index in [2.05, 4.69) is 9.97 Å². The van der Waals surface area contributed by atoms with E-state index in [1.807, 2.05) is 26.0 Å². The number of ether oxygens (including phenoxy) is 1. The van der Waals surface area contributed by atoms with Gasteiger partial charge in [-0.25, -0.2) is 9.78 Å². The van der Waals surface area contributed by atoms with Crippen LogP contribution in [-0.2, 0) is 6.42 Å². The molecule has 0 spiro atoms. The fourth-order valence-electron chi connectivity index (χ4n) is 1.88. The molecule has 5 nitrogen and oxygen atoms in total. The summed E-state index contributed by atoms with van der Waals surface area (Å²) in [6.07, 6.45) is 0.753. The number of hydrogen-bond donors (Lipinski definition) is 1. The molecular formula is C15H16N2O3. The van der Waals surface area contributed by atoms with Gasteiger partial charge in [0.1, 0.15) is 0 Å². The number of aromatic nitrogens is 2. The monoisotopic (exact) mass is 272 g/mol. The third-order valence-electron chi connectivity index (χ3n) is 2.91. The second kappa shape index (κ2) is 5.69. The lowest BCUT2D eigenvalue weighted by Gasteiger charge is -2.10. The van der Waals surface area contributed by atoms with Crippen LogP contribution in [0.25, 0.3) is 0 Å². The largest absolute Gasteiger partial charge is 0.478 e. The molecule has 0 aromatic carbocycles. The number of carboxylic acids is 1. The van der Waals surface area contributed by atoms with Crippen molar-refractivity contribution in [2.45, 2.75) is 27.2 Å². The first-order chi connectivity index (χ1) is 9.51. The van der Waals surface area contributed by atoms with Crippen molar-refractivity contribution in [1.29, 1.82) is 0 Å². The van der Waals surface area contributed by atoms with Crippen LogP contribution in [0.15, 0.2) is 24.3 Å². The molecule has 0 aliphatic rings. The average molecular weight is 272 g/mol. The van der Waals surface area contributed by atoms with Gasteiger partial charge in [-0.3, -0.25) is 4.98 Å². The van der Waals surface area contributed by atoms with Gasteiger partial charge in [0.15, 0.2) is 5.75 Å². The normalized spacial score (nSPS) is 10.3. The molecule has 0 saturated heterocycles. The van der Waals surface area contributed by atoms with Crippen LogP contribution in [0.2, 0.25) is 0 Å². The number of carboxylic acid groups (broad SMARTS) is 1. The van der Waals surface area contributed by atoms with Gasteiger partial charge in [0.05, 0.1) is 17.0 Å². The highest BCUT2D eigenvalue weighted by Crippen LogP contribution is 2.24. The van der Waals surface area contributed by atoms with E-state index in [9.17, 15) is 4.79 Å². The maximum atomic E-state index is 10.9. The number of hydrogen-bond acceptors (Lipinski definition) is 4. The Labute approximate surface area is 117 Å². The minimum atomic E-state index is -0.993. The van der Waals surface area contributed by atoms with Crippen LogP contribution < -0.4 is 4.74 Å². The lowest BCUT2D eigenvalue weighted by molar-refractivity contribution is 0.0695. The highest BCUT2D eigenvalue weighted by molar-refractivity contribution is 5.88. The third kappa shape index (κ3) is 2.93. The number of aromatic carboxylic acids is 1. The van der Waals surface area contributed by atoms with Crippen molar-refractivity contribution in [2.24, 2.45) is 0 Å². The molecule has 0 atom stereocenters. The van der Waals surface area contributed by atoms with Crippen LogP contribution in [0.3, 0.4) is 0 Å². The number of carbonyl (C=O) groups is 1. The molecule has 20 heavy (non-hydrogen) atoms. The van der Waals surface area contributed by atoms with Gasteiger partial charge in [-0.1, -0.05) is 6.92 Å². The topological polar surface area (TPSA) is 72.3 Å². The SMILES string of the molecule is CCc1nc(C)ccc1Oc1ccc(C(=O)O)c(C)n1. The summed E-state index contributed by atoms with van der Waals surface area (Å²) < 4.78 is 5.70. The van der Waals surface area contributed by atoms with Gasteiger partial charge >= 0.3 is 5.97 Å². The molecule has 0 fully saturated rings. The van der Waals surface area contributed by atoms with Gasteiger partial charge in [-0.15, -0.1) is 0 Å². The van der Waals surface area contributed by atoms with E-state index in [0.29, 0.717) is 17.3 Å². The van der Waals surface area contributed by atoms with Gasteiger partial charge in [0.2, 0.25) is 5.88 Å². The van der Waals surface area contributed by atoms with E-state index in [0.717, 1.165) is 17.8 Å². The molecule has 0 amide bonds. The Morgan fingerprint density at radius 1 is 1.20 bits per heavy atom. The van der Waals surface area contributed by atoms with E-state index in [4.69, 9.17) is 9.84 Å². The van der Waals surface area contributed by atoms with E-state index < -0.39 is 5.97 Å². The van der Waals surface area contributed by atoms with Gasteiger partial charge < -0.3 is 9.84 Å². The Morgan fingerprint density at radius 3 is 2.55 bits per heavy atom. The van der Waals surface area contributed by atoms with Crippen molar-refractivity contribution < 1.29 is 14.6 Å². The van der Waals surface area contributed by atoms with Crippen LogP contribution in [0.5, 0.6) is 11.6 Å². The van der Waals surface area contributed by atoms with Crippen molar-refractivity contribution >= 4 is 5.97 Å². The van der Waals surface area contributed by atoms with Crippen LogP contribution in [0.4, 0.5) is 0 Å². The molecule has 0 bridgehead atoms. The van der Waals surface area contributed by atoms with Gasteiger partial charge in [0.25, 0.3) is 0 Å². The molecule has 0 aliphatic carbocycles. The minimum absolute atomic E-state index is 0.176. The second-order valence-corrected chi connectivity index (χ2v) is 4.44.